The van der Waals surface area contributed by atoms with Crippen molar-refractivity contribution in [2.24, 2.45) is 0 Å². The Bertz CT molecular complexity index is 737. The number of nitrogens with zero attached hydrogens (tertiary/aromatic N) is 2. The van der Waals surface area contributed by atoms with Crippen LogP contribution in [0.5, 0.6) is 0 Å². The first-order valence-corrected chi connectivity index (χ1v) is 8.25. The zero-order chi connectivity index (χ0) is 17.7. The molecule has 0 aromatic heterocycles. The second-order valence-electron chi connectivity index (χ2n) is 5.28. The summed E-state index contributed by atoms with van der Waals surface area (Å²) in [4.78, 5) is 25.1. The highest BCUT2D eigenvalue weighted by atomic mass is 32.2. The molecule has 0 aliphatic carbocycles. The number of hydrogen-bond acceptors (Lipinski definition) is 4. The maximum atomic E-state index is 12.9. The molecule has 5 nitrogen and oxygen atoms in total. The number of non-ortho nitro benzene ring substituents is 1. The Balaban J connectivity index is 2.00. The van der Waals surface area contributed by atoms with Crippen LogP contribution in [-0.2, 0) is 4.79 Å². The van der Waals surface area contributed by atoms with E-state index < -0.39 is 4.92 Å². The zero-order valence-electron chi connectivity index (χ0n) is 13.3. The molecule has 0 spiro atoms. The van der Waals surface area contributed by atoms with Crippen LogP contribution < -0.4 is 0 Å². The largest absolute Gasteiger partial charge is 0.338 e. The van der Waals surface area contributed by atoms with Crippen molar-refractivity contribution in [3.63, 3.8) is 0 Å². The van der Waals surface area contributed by atoms with Crippen LogP contribution in [0.3, 0.4) is 0 Å². The van der Waals surface area contributed by atoms with E-state index in [0.717, 1.165) is 4.90 Å². The molecule has 0 fully saturated rings. The summed E-state index contributed by atoms with van der Waals surface area (Å²) in [6.45, 7) is 1.82. The van der Waals surface area contributed by atoms with E-state index in [9.17, 15) is 19.3 Å². The number of rotatable bonds is 6. The third-order valence-electron chi connectivity index (χ3n) is 3.71. The lowest BCUT2D eigenvalue weighted by Gasteiger charge is -2.25. The standard InChI is InChI=1S/C17H17FN2O3S/c1-12(13-4-3-5-15(10-13)20(22)23)19(2)17(21)11-24-16-8-6-14(18)7-9-16/h3-10,12H,11H2,1-2H3/t12-/m1/s1. The first kappa shape index (κ1) is 17.9. The summed E-state index contributed by atoms with van der Waals surface area (Å²) < 4.78 is 12.9. The van der Waals surface area contributed by atoms with Gasteiger partial charge in [-0.15, -0.1) is 11.8 Å². The summed E-state index contributed by atoms with van der Waals surface area (Å²) in [6, 6.07) is 11.9. The molecule has 0 saturated carbocycles. The van der Waals surface area contributed by atoms with Gasteiger partial charge < -0.3 is 4.90 Å². The molecule has 2 aromatic rings. The van der Waals surface area contributed by atoms with E-state index in [2.05, 4.69) is 0 Å². The molecule has 2 aromatic carbocycles. The predicted molar refractivity (Wildman–Crippen MR) is 91.4 cm³/mol. The highest BCUT2D eigenvalue weighted by molar-refractivity contribution is 8.00. The minimum Gasteiger partial charge on any atom is -0.338 e. The SMILES string of the molecule is C[C@H](c1cccc([N+](=O)[O-])c1)N(C)C(=O)CSc1ccc(F)cc1. The molecule has 126 valence electrons. The number of hydrogen-bond donors (Lipinski definition) is 0. The number of halogens is 1. The molecule has 24 heavy (non-hydrogen) atoms. The van der Waals surface area contributed by atoms with E-state index >= 15 is 0 Å². The average Bonchev–Trinajstić information content (AvgIpc) is 2.59. The molecule has 0 heterocycles. The molecule has 0 aliphatic heterocycles. The molecular weight excluding hydrogens is 331 g/mol. The van der Waals surface area contributed by atoms with E-state index in [0.29, 0.717) is 5.56 Å². The fourth-order valence-electron chi connectivity index (χ4n) is 2.12. The summed E-state index contributed by atoms with van der Waals surface area (Å²) in [7, 11) is 1.66. The highest BCUT2D eigenvalue weighted by Crippen LogP contribution is 2.25. The van der Waals surface area contributed by atoms with Gasteiger partial charge in [0.05, 0.1) is 16.7 Å². The first-order valence-electron chi connectivity index (χ1n) is 7.27. The van der Waals surface area contributed by atoms with Gasteiger partial charge in [-0.1, -0.05) is 12.1 Å². The predicted octanol–water partition coefficient (Wildman–Crippen LogP) is 4.05. The molecule has 1 amide bonds. The average molecular weight is 348 g/mol. The Morgan fingerprint density at radius 3 is 2.58 bits per heavy atom. The maximum Gasteiger partial charge on any atom is 0.269 e. The lowest BCUT2D eigenvalue weighted by molar-refractivity contribution is -0.384. The molecule has 1 atom stereocenters. The van der Waals surface area contributed by atoms with Crippen LogP contribution in [0.25, 0.3) is 0 Å². The second kappa shape index (κ2) is 7.92. The number of nitro groups is 1. The van der Waals surface area contributed by atoms with Crippen molar-refractivity contribution in [2.75, 3.05) is 12.8 Å². The van der Waals surface area contributed by atoms with Crippen molar-refractivity contribution >= 4 is 23.4 Å². The fourth-order valence-corrected chi connectivity index (χ4v) is 2.94. The van der Waals surface area contributed by atoms with E-state index in [1.165, 1.54) is 36.0 Å². The van der Waals surface area contributed by atoms with Crippen LogP contribution in [0.2, 0.25) is 0 Å². The number of amides is 1. The Hall–Kier alpha value is -2.41. The van der Waals surface area contributed by atoms with E-state index in [1.54, 1.807) is 36.2 Å². The second-order valence-corrected chi connectivity index (χ2v) is 6.32. The van der Waals surface area contributed by atoms with Gasteiger partial charge >= 0.3 is 0 Å². The van der Waals surface area contributed by atoms with Crippen molar-refractivity contribution in [1.29, 1.82) is 0 Å². The molecule has 0 aliphatic rings. The Kier molecular flexibility index (Phi) is 5.92. The van der Waals surface area contributed by atoms with Crippen LogP contribution in [0.4, 0.5) is 10.1 Å². The van der Waals surface area contributed by atoms with Crippen molar-refractivity contribution in [2.45, 2.75) is 17.9 Å². The van der Waals surface area contributed by atoms with Crippen molar-refractivity contribution in [3.8, 4) is 0 Å². The number of carbonyl (C=O) groups is 1. The van der Waals surface area contributed by atoms with Gasteiger partial charge in [-0.05, 0) is 36.8 Å². The monoisotopic (exact) mass is 348 g/mol. The highest BCUT2D eigenvalue weighted by Gasteiger charge is 2.19. The molecule has 0 saturated heterocycles. The van der Waals surface area contributed by atoms with Gasteiger partial charge in [0.25, 0.3) is 5.69 Å². The Morgan fingerprint density at radius 1 is 1.29 bits per heavy atom. The zero-order valence-corrected chi connectivity index (χ0v) is 14.1. The quantitative estimate of drug-likeness (QED) is 0.449. The van der Waals surface area contributed by atoms with Gasteiger partial charge in [0.2, 0.25) is 5.91 Å². The number of nitro benzene ring substituents is 1. The maximum absolute atomic E-state index is 12.9. The summed E-state index contributed by atoms with van der Waals surface area (Å²) in [5, 5.41) is 10.9. The normalized spacial score (nSPS) is 11.8. The van der Waals surface area contributed by atoms with Crippen molar-refractivity contribution < 1.29 is 14.1 Å². The van der Waals surface area contributed by atoms with Crippen LogP contribution >= 0.6 is 11.8 Å². The number of benzene rings is 2. The van der Waals surface area contributed by atoms with E-state index in [1.807, 2.05) is 6.92 Å². The number of thioether (sulfide) groups is 1. The third kappa shape index (κ3) is 4.55. The van der Waals surface area contributed by atoms with Gasteiger partial charge in [0, 0.05) is 24.1 Å². The summed E-state index contributed by atoms with van der Waals surface area (Å²) in [5.74, 6) is -0.216. The summed E-state index contributed by atoms with van der Waals surface area (Å²) in [6.07, 6.45) is 0. The first-order chi connectivity index (χ1) is 11.4. The van der Waals surface area contributed by atoms with Crippen LogP contribution in [0.1, 0.15) is 18.5 Å². The molecule has 0 radical (unpaired) electrons. The topological polar surface area (TPSA) is 63.5 Å². The third-order valence-corrected chi connectivity index (χ3v) is 4.71. The molecular formula is C17H17FN2O3S. The van der Waals surface area contributed by atoms with Crippen LogP contribution in [0.15, 0.2) is 53.4 Å². The van der Waals surface area contributed by atoms with E-state index in [4.69, 9.17) is 0 Å². The smallest absolute Gasteiger partial charge is 0.269 e. The van der Waals surface area contributed by atoms with Gasteiger partial charge in [-0.3, -0.25) is 14.9 Å². The molecule has 0 bridgehead atoms. The fraction of sp³-hybridized carbons (Fsp3) is 0.235. The van der Waals surface area contributed by atoms with Gasteiger partial charge in [-0.2, -0.15) is 0 Å². The van der Waals surface area contributed by atoms with Crippen molar-refractivity contribution in [3.05, 3.63) is 70.0 Å². The number of carbonyl (C=O) groups excluding carboxylic acids is 1. The summed E-state index contributed by atoms with van der Waals surface area (Å²) >= 11 is 1.32. The van der Waals surface area contributed by atoms with Crippen LogP contribution in [0, 0.1) is 15.9 Å². The molecule has 7 heteroatoms. The van der Waals surface area contributed by atoms with E-state index in [-0.39, 0.29) is 29.2 Å². The minimum atomic E-state index is -0.456. The van der Waals surface area contributed by atoms with Gasteiger partial charge in [0.1, 0.15) is 5.82 Å². The minimum absolute atomic E-state index is 0.000821. The van der Waals surface area contributed by atoms with Gasteiger partial charge in [0.15, 0.2) is 0 Å². The lowest BCUT2D eigenvalue weighted by atomic mass is 10.1. The van der Waals surface area contributed by atoms with Gasteiger partial charge in [-0.25, -0.2) is 4.39 Å². The Labute approximate surface area is 143 Å². The van der Waals surface area contributed by atoms with Crippen LogP contribution in [-0.4, -0.2) is 28.5 Å². The summed E-state index contributed by atoms with van der Waals surface area (Å²) in [5.41, 5.74) is 0.702. The Morgan fingerprint density at radius 2 is 1.96 bits per heavy atom. The molecule has 2 rings (SSSR count). The van der Waals surface area contributed by atoms with Crippen molar-refractivity contribution in [1.82, 2.24) is 4.90 Å². The lowest BCUT2D eigenvalue weighted by Crippen LogP contribution is -2.31. The molecule has 0 unspecified atom stereocenters. The molecule has 0 N–H and O–H groups in total.